The summed E-state index contributed by atoms with van der Waals surface area (Å²) in [6.45, 7) is 5.09. The molecule has 0 aromatic carbocycles. The van der Waals surface area contributed by atoms with E-state index >= 15 is 0 Å². The van der Waals surface area contributed by atoms with Crippen LogP contribution in [-0.4, -0.2) is 65.3 Å². The zero-order valence-electron chi connectivity index (χ0n) is 17.5. The molecule has 9 heteroatoms. The van der Waals surface area contributed by atoms with Gasteiger partial charge >= 0.3 is 6.09 Å². The van der Waals surface area contributed by atoms with Crippen LogP contribution in [0.1, 0.15) is 37.8 Å². The Morgan fingerprint density at radius 3 is 2.60 bits per heavy atom. The quantitative estimate of drug-likeness (QED) is 0.736. The number of ether oxygens (including phenoxy) is 2. The van der Waals surface area contributed by atoms with E-state index in [1.165, 1.54) is 39.2 Å². The van der Waals surface area contributed by atoms with Crippen LogP contribution in [0.2, 0.25) is 0 Å². The van der Waals surface area contributed by atoms with Crippen molar-refractivity contribution in [2.75, 3.05) is 38.2 Å². The summed E-state index contributed by atoms with van der Waals surface area (Å²) >= 11 is 1.55. The van der Waals surface area contributed by atoms with Gasteiger partial charge in [0.1, 0.15) is 11.9 Å². The van der Waals surface area contributed by atoms with Crippen LogP contribution in [0, 0.1) is 12.3 Å². The number of hydrogen-bond acceptors (Lipinski definition) is 8. The van der Waals surface area contributed by atoms with Crippen LogP contribution in [0.5, 0.6) is 5.88 Å². The predicted molar refractivity (Wildman–Crippen MR) is 114 cm³/mol. The van der Waals surface area contributed by atoms with E-state index in [0.717, 1.165) is 29.6 Å². The Balaban J connectivity index is 1.34. The van der Waals surface area contributed by atoms with E-state index in [1.807, 2.05) is 18.4 Å². The van der Waals surface area contributed by atoms with Crippen LogP contribution in [0.4, 0.5) is 10.6 Å². The van der Waals surface area contributed by atoms with E-state index in [0.29, 0.717) is 30.2 Å². The van der Waals surface area contributed by atoms with E-state index in [-0.39, 0.29) is 12.2 Å². The molecule has 8 nitrogen and oxygen atoms in total. The number of nitrogens with zero attached hydrogens (tertiary/aromatic N) is 5. The fourth-order valence-electron chi connectivity index (χ4n) is 4.69. The molecule has 5 rings (SSSR count). The molecule has 1 aliphatic carbocycles. The highest BCUT2D eigenvalue weighted by atomic mass is 32.1. The van der Waals surface area contributed by atoms with Crippen molar-refractivity contribution in [3.05, 3.63) is 17.1 Å². The van der Waals surface area contributed by atoms with Gasteiger partial charge in [0.2, 0.25) is 5.88 Å². The standard InChI is InChI=1S/C21H27N5O3S/c1-14-11-30-19(22-14)18-23-16(26-12-21(13-26)6-4-3-5-7-21)8-17(24-18)29-15-9-25(10-15)20(27)28-2/h8,11,15H,3-7,9-10,12-13H2,1-2H3. The van der Waals surface area contributed by atoms with E-state index in [2.05, 4.69) is 14.9 Å². The Bertz CT molecular complexity index is 928. The van der Waals surface area contributed by atoms with Gasteiger partial charge in [-0.15, -0.1) is 11.3 Å². The number of aryl methyl sites for hydroxylation is 1. The summed E-state index contributed by atoms with van der Waals surface area (Å²) in [6, 6.07) is 1.93. The van der Waals surface area contributed by atoms with E-state index < -0.39 is 0 Å². The molecule has 2 aliphatic heterocycles. The van der Waals surface area contributed by atoms with Crippen molar-refractivity contribution >= 4 is 23.2 Å². The Kier molecular flexibility index (Phi) is 5.00. The van der Waals surface area contributed by atoms with Crippen LogP contribution in [-0.2, 0) is 4.74 Å². The molecule has 3 aliphatic rings. The molecule has 30 heavy (non-hydrogen) atoms. The zero-order chi connectivity index (χ0) is 20.7. The van der Waals surface area contributed by atoms with Crippen molar-refractivity contribution in [3.63, 3.8) is 0 Å². The van der Waals surface area contributed by atoms with Crippen LogP contribution in [0.3, 0.4) is 0 Å². The molecule has 3 fully saturated rings. The van der Waals surface area contributed by atoms with Gasteiger partial charge in [0.25, 0.3) is 0 Å². The fraction of sp³-hybridized carbons (Fsp3) is 0.619. The first-order chi connectivity index (χ1) is 14.5. The van der Waals surface area contributed by atoms with Crippen LogP contribution < -0.4 is 9.64 Å². The monoisotopic (exact) mass is 429 g/mol. The van der Waals surface area contributed by atoms with Gasteiger partial charge in [0, 0.05) is 35.6 Å². The Hall–Kier alpha value is -2.42. The predicted octanol–water partition coefficient (Wildman–Crippen LogP) is 3.51. The summed E-state index contributed by atoms with van der Waals surface area (Å²) < 4.78 is 10.8. The molecule has 2 aromatic rings. The van der Waals surface area contributed by atoms with Gasteiger partial charge in [0.05, 0.1) is 20.2 Å². The molecule has 0 atom stereocenters. The highest BCUT2D eigenvalue weighted by molar-refractivity contribution is 7.13. The average Bonchev–Trinajstić information content (AvgIpc) is 3.15. The second-order valence-electron chi connectivity index (χ2n) is 8.71. The molecule has 0 N–H and O–H groups in total. The maximum absolute atomic E-state index is 11.6. The molecule has 160 valence electrons. The van der Waals surface area contributed by atoms with Crippen LogP contribution in [0.15, 0.2) is 11.4 Å². The molecule has 1 amide bonds. The third kappa shape index (κ3) is 3.71. The van der Waals surface area contributed by atoms with Gasteiger partial charge in [-0.1, -0.05) is 19.3 Å². The second-order valence-corrected chi connectivity index (χ2v) is 9.57. The number of carbonyl (C=O) groups is 1. The molecular formula is C21H27N5O3S. The maximum Gasteiger partial charge on any atom is 0.409 e. The number of amides is 1. The lowest BCUT2D eigenvalue weighted by Gasteiger charge is -2.53. The highest BCUT2D eigenvalue weighted by Crippen LogP contribution is 2.45. The molecule has 1 saturated carbocycles. The molecule has 0 radical (unpaired) electrons. The van der Waals surface area contributed by atoms with Gasteiger partial charge in [-0.05, 0) is 19.8 Å². The van der Waals surface area contributed by atoms with E-state index in [9.17, 15) is 4.79 Å². The second kappa shape index (κ2) is 7.68. The number of thiazole rings is 1. The smallest absolute Gasteiger partial charge is 0.409 e. The third-order valence-corrected chi connectivity index (χ3v) is 7.31. The lowest BCUT2D eigenvalue weighted by Crippen LogP contribution is -2.57. The molecule has 0 bridgehead atoms. The lowest BCUT2D eigenvalue weighted by molar-refractivity contribution is 0.0160. The zero-order valence-corrected chi connectivity index (χ0v) is 18.3. The summed E-state index contributed by atoms with van der Waals surface area (Å²) in [4.78, 5) is 29.5. The average molecular weight is 430 g/mol. The van der Waals surface area contributed by atoms with Crippen molar-refractivity contribution in [2.24, 2.45) is 5.41 Å². The Morgan fingerprint density at radius 2 is 1.93 bits per heavy atom. The minimum absolute atomic E-state index is 0.0844. The number of hydrogen-bond donors (Lipinski definition) is 0. The summed E-state index contributed by atoms with van der Waals surface area (Å²) in [5.41, 5.74) is 1.43. The normalized spacial score (nSPS) is 20.6. The van der Waals surface area contributed by atoms with E-state index in [1.54, 1.807) is 16.2 Å². The largest absolute Gasteiger partial charge is 0.470 e. The van der Waals surface area contributed by atoms with E-state index in [4.69, 9.17) is 14.5 Å². The number of anilines is 1. The minimum Gasteiger partial charge on any atom is -0.470 e. The van der Waals surface area contributed by atoms with Gasteiger partial charge < -0.3 is 19.3 Å². The van der Waals surface area contributed by atoms with Crippen molar-refractivity contribution in [1.29, 1.82) is 0 Å². The molecule has 0 unspecified atom stereocenters. The number of carbonyl (C=O) groups excluding carboxylic acids is 1. The summed E-state index contributed by atoms with van der Waals surface area (Å²) in [5.74, 6) is 2.06. The first kappa shape index (κ1) is 19.5. The number of likely N-dealkylation sites (tertiary alicyclic amines) is 1. The van der Waals surface area contributed by atoms with Crippen molar-refractivity contribution < 1.29 is 14.3 Å². The first-order valence-electron chi connectivity index (χ1n) is 10.6. The summed E-state index contributed by atoms with van der Waals surface area (Å²) in [5, 5.41) is 2.81. The first-order valence-corrected chi connectivity index (χ1v) is 11.5. The molecule has 4 heterocycles. The molecular weight excluding hydrogens is 402 g/mol. The maximum atomic E-state index is 11.6. The summed E-state index contributed by atoms with van der Waals surface area (Å²) in [6.07, 6.45) is 6.28. The number of rotatable bonds is 4. The molecule has 2 aromatic heterocycles. The van der Waals surface area contributed by atoms with Crippen molar-refractivity contribution in [2.45, 2.75) is 45.1 Å². The summed E-state index contributed by atoms with van der Waals surface area (Å²) in [7, 11) is 1.39. The van der Waals surface area contributed by atoms with Crippen LogP contribution in [0.25, 0.3) is 10.8 Å². The Morgan fingerprint density at radius 1 is 1.17 bits per heavy atom. The Labute approximate surface area is 180 Å². The lowest BCUT2D eigenvalue weighted by atomic mass is 9.69. The SMILES string of the molecule is COC(=O)N1CC(Oc2cc(N3CC4(CCCCC4)C3)nc(-c3nc(C)cs3)n2)C1. The van der Waals surface area contributed by atoms with Gasteiger partial charge in [-0.25, -0.2) is 14.8 Å². The minimum atomic E-state index is -0.324. The fourth-order valence-corrected chi connectivity index (χ4v) is 5.42. The number of methoxy groups -OCH3 is 1. The van der Waals surface area contributed by atoms with Crippen molar-refractivity contribution in [1.82, 2.24) is 19.9 Å². The van der Waals surface area contributed by atoms with Crippen molar-refractivity contribution in [3.8, 4) is 16.7 Å². The highest BCUT2D eigenvalue weighted by Gasteiger charge is 2.44. The molecule has 2 saturated heterocycles. The number of aromatic nitrogens is 3. The third-order valence-electron chi connectivity index (χ3n) is 6.36. The van der Waals surface area contributed by atoms with Gasteiger partial charge in [-0.3, -0.25) is 0 Å². The molecule has 1 spiro atoms. The van der Waals surface area contributed by atoms with Crippen LogP contribution >= 0.6 is 11.3 Å². The van der Waals surface area contributed by atoms with Gasteiger partial charge in [-0.2, -0.15) is 4.98 Å². The van der Waals surface area contributed by atoms with Gasteiger partial charge in [0.15, 0.2) is 10.8 Å². The topological polar surface area (TPSA) is 80.7 Å².